The number of hydrogen-bond donors (Lipinski definition) is 1. The molecule has 0 bridgehead atoms. The predicted octanol–water partition coefficient (Wildman–Crippen LogP) is 5.33. The molecular weight excluding hydrogens is 366 g/mol. The van der Waals surface area contributed by atoms with Crippen molar-refractivity contribution in [3.63, 3.8) is 0 Å². The Morgan fingerprint density at radius 3 is 2.90 bits per heavy atom. The highest BCUT2D eigenvalue weighted by Gasteiger charge is 2.23. The highest BCUT2D eigenvalue weighted by atomic mass is 16.5. The molecule has 0 saturated heterocycles. The van der Waals surface area contributed by atoms with Crippen molar-refractivity contribution in [2.75, 3.05) is 6.61 Å². The van der Waals surface area contributed by atoms with Gasteiger partial charge in [0.1, 0.15) is 22.9 Å². The number of fused-ring (bicyclic) bond motifs is 3. The van der Waals surface area contributed by atoms with Crippen LogP contribution in [0, 0.1) is 6.92 Å². The molecule has 152 valence electrons. The first kappa shape index (κ1) is 19.4. The molecule has 1 aliphatic rings. The van der Waals surface area contributed by atoms with E-state index in [-0.39, 0.29) is 5.91 Å². The van der Waals surface area contributed by atoms with E-state index in [0.717, 1.165) is 57.8 Å². The third-order valence-corrected chi connectivity index (χ3v) is 5.50. The van der Waals surface area contributed by atoms with Crippen LogP contribution in [0.15, 0.2) is 39.4 Å². The molecule has 1 amide bonds. The quantitative estimate of drug-likeness (QED) is 0.575. The van der Waals surface area contributed by atoms with E-state index < -0.39 is 0 Å². The van der Waals surface area contributed by atoms with Gasteiger partial charge in [-0.3, -0.25) is 4.79 Å². The number of amides is 1. The molecule has 5 nitrogen and oxygen atoms in total. The van der Waals surface area contributed by atoms with Gasteiger partial charge in [0.05, 0.1) is 19.4 Å². The third-order valence-electron chi connectivity index (χ3n) is 5.50. The maximum Gasteiger partial charge on any atom is 0.244 e. The molecule has 0 radical (unpaired) electrons. The van der Waals surface area contributed by atoms with Crippen molar-refractivity contribution in [1.82, 2.24) is 5.32 Å². The molecule has 0 fully saturated rings. The number of ether oxygens (including phenoxy) is 1. The molecule has 0 aliphatic heterocycles. The van der Waals surface area contributed by atoms with E-state index in [1.165, 1.54) is 18.4 Å². The second-order valence-corrected chi connectivity index (χ2v) is 7.52. The van der Waals surface area contributed by atoms with Crippen LogP contribution in [0.5, 0.6) is 5.75 Å². The molecule has 0 spiro atoms. The van der Waals surface area contributed by atoms with Crippen LogP contribution in [-0.2, 0) is 24.2 Å². The Morgan fingerprint density at radius 1 is 1.31 bits per heavy atom. The molecule has 3 aromatic rings. The largest absolute Gasteiger partial charge is 0.493 e. The monoisotopic (exact) mass is 393 g/mol. The Balaban J connectivity index is 1.70. The summed E-state index contributed by atoms with van der Waals surface area (Å²) < 4.78 is 17.5. The summed E-state index contributed by atoms with van der Waals surface area (Å²) >= 11 is 0. The van der Waals surface area contributed by atoms with Gasteiger partial charge >= 0.3 is 0 Å². The van der Waals surface area contributed by atoms with Crippen molar-refractivity contribution in [2.45, 2.75) is 53.0 Å². The van der Waals surface area contributed by atoms with Crippen molar-refractivity contribution >= 4 is 22.4 Å². The second kappa shape index (κ2) is 8.19. The van der Waals surface area contributed by atoms with Crippen molar-refractivity contribution in [3.05, 3.63) is 58.7 Å². The van der Waals surface area contributed by atoms with Gasteiger partial charge in [-0.2, -0.15) is 0 Å². The number of rotatable bonds is 6. The van der Waals surface area contributed by atoms with Gasteiger partial charge in [0.25, 0.3) is 0 Å². The Bertz CT molecular complexity index is 1060. The van der Waals surface area contributed by atoms with Gasteiger partial charge < -0.3 is 18.9 Å². The number of hydrogen-bond acceptors (Lipinski definition) is 4. The van der Waals surface area contributed by atoms with Crippen LogP contribution in [0.3, 0.4) is 0 Å². The lowest BCUT2D eigenvalue weighted by atomic mass is 9.93. The number of furan rings is 2. The number of allylic oxidation sites excluding steroid dienone is 1. The minimum Gasteiger partial charge on any atom is -0.493 e. The van der Waals surface area contributed by atoms with Crippen molar-refractivity contribution in [2.24, 2.45) is 0 Å². The standard InChI is InChI=1S/C24H27NO4/c1-4-27-23-16(3)24-20(18-9-5-6-10-21(18)29-24)13-19(23)15(2)12-22(26)25-14-17-8-7-11-28-17/h7-8,11-13H,4-6,9-10,14H2,1-3H3,(H,25,26)/b15-12+. The zero-order chi connectivity index (χ0) is 20.4. The molecular formula is C24H27NO4. The van der Waals surface area contributed by atoms with Gasteiger partial charge in [-0.05, 0) is 63.8 Å². The molecule has 1 aliphatic carbocycles. The zero-order valence-electron chi connectivity index (χ0n) is 17.3. The van der Waals surface area contributed by atoms with E-state index >= 15 is 0 Å². The van der Waals surface area contributed by atoms with E-state index in [1.807, 2.05) is 26.8 Å². The normalized spacial score (nSPS) is 14.1. The topological polar surface area (TPSA) is 64.6 Å². The minimum atomic E-state index is -0.159. The molecule has 0 saturated carbocycles. The summed E-state index contributed by atoms with van der Waals surface area (Å²) in [5.41, 5.74) is 5.03. The van der Waals surface area contributed by atoms with E-state index in [9.17, 15) is 4.79 Å². The van der Waals surface area contributed by atoms with E-state index in [2.05, 4.69) is 11.4 Å². The fourth-order valence-corrected chi connectivity index (χ4v) is 4.07. The SMILES string of the molecule is CCOc1c(/C(C)=C/C(=O)NCc2ccco2)cc2c3c(oc2c1C)CCCC3. The number of benzene rings is 1. The van der Waals surface area contributed by atoms with E-state index in [0.29, 0.717) is 13.2 Å². The first-order chi connectivity index (χ1) is 14.1. The summed E-state index contributed by atoms with van der Waals surface area (Å²) in [5.74, 6) is 2.46. The molecule has 0 atom stereocenters. The van der Waals surface area contributed by atoms with E-state index in [1.54, 1.807) is 18.4 Å². The van der Waals surface area contributed by atoms with Crippen LogP contribution in [0.25, 0.3) is 16.5 Å². The maximum absolute atomic E-state index is 12.4. The lowest BCUT2D eigenvalue weighted by molar-refractivity contribution is -0.116. The second-order valence-electron chi connectivity index (χ2n) is 7.52. The van der Waals surface area contributed by atoms with Crippen LogP contribution < -0.4 is 10.1 Å². The number of carbonyl (C=O) groups excluding carboxylic acids is 1. The lowest BCUT2D eigenvalue weighted by Gasteiger charge is -2.15. The molecule has 2 heterocycles. The van der Waals surface area contributed by atoms with Crippen LogP contribution in [0.4, 0.5) is 0 Å². The molecule has 2 aromatic heterocycles. The number of carbonyl (C=O) groups is 1. The highest BCUT2D eigenvalue weighted by molar-refractivity contribution is 5.98. The first-order valence-electron chi connectivity index (χ1n) is 10.3. The van der Waals surface area contributed by atoms with Crippen LogP contribution in [0.2, 0.25) is 0 Å². The summed E-state index contributed by atoms with van der Waals surface area (Å²) in [6, 6.07) is 5.77. The van der Waals surface area contributed by atoms with E-state index in [4.69, 9.17) is 13.6 Å². The summed E-state index contributed by atoms with van der Waals surface area (Å²) in [6.45, 7) is 6.87. The summed E-state index contributed by atoms with van der Waals surface area (Å²) in [6.07, 6.45) is 7.62. The van der Waals surface area contributed by atoms with Gasteiger partial charge in [0.2, 0.25) is 5.91 Å². The molecule has 1 N–H and O–H groups in total. The van der Waals surface area contributed by atoms with Gasteiger partial charge in [0.15, 0.2) is 0 Å². The van der Waals surface area contributed by atoms with Gasteiger partial charge in [-0.1, -0.05) is 0 Å². The van der Waals surface area contributed by atoms with Crippen LogP contribution in [0.1, 0.15) is 54.9 Å². The van der Waals surface area contributed by atoms with Gasteiger partial charge in [-0.15, -0.1) is 0 Å². The molecule has 29 heavy (non-hydrogen) atoms. The Kier molecular flexibility index (Phi) is 5.47. The summed E-state index contributed by atoms with van der Waals surface area (Å²) in [4.78, 5) is 12.4. The highest BCUT2D eigenvalue weighted by Crippen LogP contribution is 2.41. The maximum atomic E-state index is 12.4. The molecule has 1 aromatic carbocycles. The smallest absolute Gasteiger partial charge is 0.244 e. The van der Waals surface area contributed by atoms with Crippen molar-refractivity contribution in [1.29, 1.82) is 0 Å². The number of aryl methyl sites for hydroxylation is 3. The van der Waals surface area contributed by atoms with Crippen LogP contribution >= 0.6 is 0 Å². The first-order valence-corrected chi connectivity index (χ1v) is 10.3. The fourth-order valence-electron chi connectivity index (χ4n) is 4.07. The molecule has 5 heteroatoms. The van der Waals surface area contributed by atoms with Gasteiger partial charge in [-0.25, -0.2) is 0 Å². The Labute approximate surface area is 170 Å². The average molecular weight is 393 g/mol. The van der Waals surface area contributed by atoms with Crippen LogP contribution in [-0.4, -0.2) is 12.5 Å². The van der Waals surface area contributed by atoms with Crippen molar-refractivity contribution in [3.8, 4) is 5.75 Å². The van der Waals surface area contributed by atoms with Crippen molar-refractivity contribution < 1.29 is 18.4 Å². The molecule has 0 unspecified atom stereocenters. The Morgan fingerprint density at radius 2 is 2.14 bits per heavy atom. The van der Waals surface area contributed by atoms with Gasteiger partial charge in [0, 0.05) is 34.6 Å². The fraction of sp³-hybridized carbons (Fsp3) is 0.375. The average Bonchev–Trinajstić information content (AvgIpc) is 3.36. The molecule has 4 rings (SSSR count). The predicted molar refractivity (Wildman–Crippen MR) is 113 cm³/mol. The third kappa shape index (κ3) is 3.82. The zero-order valence-corrected chi connectivity index (χ0v) is 17.3. The lowest BCUT2D eigenvalue weighted by Crippen LogP contribution is -2.20. The summed E-state index contributed by atoms with van der Waals surface area (Å²) in [7, 11) is 0. The number of nitrogens with one attached hydrogen (secondary N) is 1. The Hall–Kier alpha value is -2.95. The minimum absolute atomic E-state index is 0.159. The summed E-state index contributed by atoms with van der Waals surface area (Å²) in [5, 5.41) is 4.02.